The fourth-order valence-electron chi connectivity index (χ4n) is 1.92. The van der Waals surface area contributed by atoms with E-state index in [0.29, 0.717) is 12.5 Å². The van der Waals surface area contributed by atoms with Crippen LogP contribution in [-0.4, -0.2) is 18.1 Å². The largest absolute Gasteiger partial charge is 0.464 e. The Bertz CT molecular complexity index is 407. The van der Waals surface area contributed by atoms with Crippen LogP contribution in [0.5, 0.6) is 0 Å². The maximum absolute atomic E-state index is 11.8. The topological polar surface area (TPSA) is 38.3 Å². The fraction of sp³-hybridized carbons (Fsp3) is 0.562. The number of ether oxygens (including phenoxy) is 1. The van der Waals surface area contributed by atoms with Crippen LogP contribution in [0, 0.1) is 5.92 Å². The summed E-state index contributed by atoms with van der Waals surface area (Å²) in [7, 11) is 0. The van der Waals surface area contributed by atoms with Crippen LogP contribution in [-0.2, 0) is 16.0 Å². The first-order valence-electron chi connectivity index (χ1n) is 6.89. The molecule has 0 aliphatic heterocycles. The minimum Gasteiger partial charge on any atom is -0.464 e. The first-order chi connectivity index (χ1) is 8.85. The summed E-state index contributed by atoms with van der Waals surface area (Å²) < 4.78 is 5.05. The Balaban J connectivity index is 2.69. The summed E-state index contributed by atoms with van der Waals surface area (Å²) in [6.07, 6.45) is 1.07. The first-order valence-corrected chi connectivity index (χ1v) is 6.89. The Morgan fingerprint density at radius 1 is 1.26 bits per heavy atom. The zero-order valence-electron chi connectivity index (χ0n) is 12.6. The summed E-state index contributed by atoms with van der Waals surface area (Å²) in [5.74, 6) is 0.413. The molecule has 1 aromatic rings. The van der Waals surface area contributed by atoms with E-state index in [9.17, 15) is 4.79 Å². The van der Waals surface area contributed by atoms with Gasteiger partial charge in [0.05, 0.1) is 6.61 Å². The van der Waals surface area contributed by atoms with Crippen molar-refractivity contribution in [3.63, 3.8) is 0 Å². The highest BCUT2D eigenvalue weighted by atomic mass is 16.5. The summed E-state index contributed by atoms with van der Waals surface area (Å²) in [6, 6.07) is 8.23. The molecule has 0 radical (unpaired) electrons. The summed E-state index contributed by atoms with van der Waals surface area (Å²) in [6.45, 7) is 10.3. The fourth-order valence-corrected chi connectivity index (χ4v) is 1.92. The number of hydrogen-bond donors (Lipinski definition) is 1. The van der Waals surface area contributed by atoms with Crippen LogP contribution in [0.1, 0.15) is 40.2 Å². The van der Waals surface area contributed by atoms with Gasteiger partial charge < -0.3 is 10.1 Å². The van der Waals surface area contributed by atoms with Gasteiger partial charge in [0.2, 0.25) is 0 Å². The summed E-state index contributed by atoms with van der Waals surface area (Å²) in [5.41, 5.74) is 1.54. The lowest BCUT2D eigenvalue weighted by Gasteiger charge is -2.25. The van der Waals surface area contributed by atoms with E-state index in [2.05, 4.69) is 31.3 Å². The molecule has 1 aromatic carbocycles. The zero-order chi connectivity index (χ0) is 14.5. The van der Waals surface area contributed by atoms with E-state index in [1.165, 1.54) is 5.56 Å². The van der Waals surface area contributed by atoms with Crippen LogP contribution in [0.2, 0.25) is 0 Å². The number of carbonyl (C=O) groups is 1. The predicted molar refractivity (Wildman–Crippen MR) is 79.3 cm³/mol. The second kappa shape index (κ2) is 6.60. The molecule has 0 spiro atoms. The SMILES string of the molecule is CCOC(=O)C(C)(C)Nc1ccc(CC(C)C)cc1. The van der Waals surface area contributed by atoms with Gasteiger partial charge in [0.25, 0.3) is 0 Å². The van der Waals surface area contributed by atoms with Crippen molar-refractivity contribution >= 4 is 11.7 Å². The number of rotatable bonds is 6. The third-order valence-corrected chi connectivity index (χ3v) is 2.84. The summed E-state index contributed by atoms with van der Waals surface area (Å²) in [4.78, 5) is 11.8. The average molecular weight is 263 g/mol. The molecule has 0 unspecified atom stereocenters. The van der Waals surface area contributed by atoms with Gasteiger partial charge in [-0.3, -0.25) is 0 Å². The van der Waals surface area contributed by atoms with Gasteiger partial charge in [-0.05, 0) is 50.8 Å². The molecule has 0 heterocycles. The molecular weight excluding hydrogens is 238 g/mol. The molecule has 106 valence electrons. The Morgan fingerprint density at radius 2 is 1.84 bits per heavy atom. The third kappa shape index (κ3) is 4.93. The van der Waals surface area contributed by atoms with E-state index in [0.717, 1.165) is 12.1 Å². The Labute approximate surface area is 116 Å². The molecule has 19 heavy (non-hydrogen) atoms. The first kappa shape index (κ1) is 15.5. The van der Waals surface area contributed by atoms with Crippen molar-refractivity contribution in [3.8, 4) is 0 Å². The van der Waals surface area contributed by atoms with Gasteiger partial charge in [-0.2, -0.15) is 0 Å². The smallest absolute Gasteiger partial charge is 0.331 e. The van der Waals surface area contributed by atoms with Crippen molar-refractivity contribution in [3.05, 3.63) is 29.8 Å². The molecule has 1 rings (SSSR count). The molecule has 0 amide bonds. The monoisotopic (exact) mass is 263 g/mol. The van der Waals surface area contributed by atoms with E-state index in [1.807, 2.05) is 32.9 Å². The van der Waals surface area contributed by atoms with Crippen LogP contribution < -0.4 is 5.32 Å². The predicted octanol–water partition coefficient (Wildman–Crippen LogP) is 3.64. The lowest BCUT2D eigenvalue weighted by molar-refractivity contribution is -0.147. The minimum atomic E-state index is -0.713. The molecule has 0 saturated heterocycles. The Morgan fingerprint density at radius 3 is 2.32 bits per heavy atom. The van der Waals surface area contributed by atoms with E-state index in [4.69, 9.17) is 4.74 Å². The van der Waals surface area contributed by atoms with Crippen LogP contribution >= 0.6 is 0 Å². The molecule has 0 atom stereocenters. The molecular formula is C16H25NO2. The Hall–Kier alpha value is -1.51. The molecule has 0 aliphatic carbocycles. The van der Waals surface area contributed by atoms with Gasteiger partial charge in [0.15, 0.2) is 0 Å². The summed E-state index contributed by atoms with van der Waals surface area (Å²) in [5, 5.41) is 3.21. The van der Waals surface area contributed by atoms with Crippen LogP contribution in [0.15, 0.2) is 24.3 Å². The van der Waals surface area contributed by atoms with Crippen molar-refractivity contribution in [1.82, 2.24) is 0 Å². The molecule has 0 fully saturated rings. The van der Waals surface area contributed by atoms with Crippen LogP contribution in [0.4, 0.5) is 5.69 Å². The molecule has 3 heteroatoms. The second-order valence-electron chi connectivity index (χ2n) is 5.77. The Kier molecular flexibility index (Phi) is 5.40. The van der Waals surface area contributed by atoms with Gasteiger partial charge in [-0.15, -0.1) is 0 Å². The molecule has 0 aliphatic rings. The highest BCUT2D eigenvalue weighted by molar-refractivity contribution is 5.83. The number of esters is 1. The van der Waals surface area contributed by atoms with Gasteiger partial charge in [-0.1, -0.05) is 26.0 Å². The molecule has 0 saturated carbocycles. The van der Waals surface area contributed by atoms with Crippen molar-refractivity contribution in [2.24, 2.45) is 5.92 Å². The second-order valence-corrected chi connectivity index (χ2v) is 5.77. The molecule has 1 N–H and O–H groups in total. The standard InChI is InChI=1S/C16H25NO2/c1-6-19-15(18)16(4,5)17-14-9-7-13(8-10-14)11-12(2)3/h7-10,12,17H,6,11H2,1-5H3. The van der Waals surface area contributed by atoms with Crippen LogP contribution in [0.25, 0.3) is 0 Å². The van der Waals surface area contributed by atoms with Crippen LogP contribution in [0.3, 0.4) is 0 Å². The highest BCUT2D eigenvalue weighted by Crippen LogP contribution is 2.18. The van der Waals surface area contributed by atoms with Crippen molar-refractivity contribution < 1.29 is 9.53 Å². The maximum atomic E-state index is 11.8. The number of carbonyl (C=O) groups excluding carboxylic acids is 1. The van der Waals surface area contributed by atoms with Crippen molar-refractivity contribution in [1.29, 1.82) is 0 Å². The van der Waals surface area contributed by atoms with Gasteiger partial charge in [0.1, 0.15) is 5.54 Å². The van der Waals surface area contributed by atoms with Gasteiger partial charge in [0, 0.05) is 5.69 Å². The summed E-state index contributed by atoms with van der Waals surface area (Å²) >= 11 is 0. The third-order valence-electron chi connectivity index (χ3n) is 2.84. The number of anilines is 1. The molecule has 0 aromatic heterocycles. The lowest BCUT2D eigenvalue weighted by atomic mass is 10.0. The molecule has 0 bridgehead atoms. The quantitative estimate of drug-likeness (QED) is 0.796. The minimum absolute atomic E-state index is 0.235. The van der Waals surface area contributed by atoms with Crippen molar-refractivity contribution in [2.75, 3.05) is 11.9 Å². The maximum Gasteiger partial charge on any atom is 0.331 e. The normalized spacial score (nSPS) is 11.5. The number of benzene rings is 1. The van der Waals surface area contributed by atoms with E-state index in [1.54, 1.807) is 0 Å². The van der Waals surface area contributed by atoms with E-state index in [-0.39, 0.29) is 5.97 Å². The highest BCUT2D eigenvalue weighted by Gasteiger charge is 2.28. The van der Waals surface area contributed by atoms with Crippen molar-refractivity contribution in [2.45, 2.75) is 46.6 Å². The van der Waals surface area contributed by atoms with Gasteiger partial charge in [-0.25, -0.2) is 4.79 Å². The molecule has 3 nitrogen and oxygen atoms in total. The van der Waals surface area contributed by atoms with E-state index < -0.39 is 5.54 Å². The number of hydrogen-bond acceptors (Lipinski definition) is 3. The lowest BCUT2D eigenvalue weighted by Crippen LogP contribution is -2.41. The zero-order valence-corrected chi connectivity index (χ0v) is 12.6. The average Bonchev–Trinajstić information content (AvgIpc) is 2.31. The van der Waals surface area contributed by atoms with Gasteiger partial charge >= 0.3 is 5.97 Å². The number of nitrogens with one attached hydrogen (secondary N) is 1. The van der Waals surface area contributed by atoms with E-state index >= 15 is 0 Å².